The molecule has 0 aromatic heterocycles. The van der Waals surface area contributed by atoms with Gasteiger partial charge in [0, 0.05) is 12.0 Å². The van der Waals surface area contributed by atoms with Gasteiger partial charge in [0.05, 0.1) is 0 Å². The molecule has 1 heterocycles. The number of likely N-dealkylation sites (tertiary alicyclic amines) is 1. The van der Waals surface area contributed by atoms with Crippen molar-refractivity contribution in [2.45, 2.75) is 65.7 Å². The number of hydrogen-bond acceptors (Lipinski definition) is 2. The van der Waals surface area contributed by atoms with Crippen LogP contribution in [0.2, 0.25) is 0 Å². The lowest BCUT2D eigenvalue weighted by Crippen LogP contribution is -2.42. The van der Waals surface area contributed by atoms with Gasteiger partial charge in [0.1, 0.15) is 6.29 Å². The van der Waals surface area contributed by atoms with E-state index < -0.39 is 0 Å². The van der Waals surface area contributed by atoms with Crippen LogP contribution in [0.3, 0.4) is 0 Å². The van der Waals surface area contributed by atoms with Crippen LogP contribution < -0.4 is 0 Å². The van der Waals surface area contributed by atoms with E-state index in [-0.39, 0.29) is 5.41 Å². The highest BCUT2D eigenvalue weighted by molar-refractivity contribution is 5.60. The van der Waals surface area contributed by atoms with Crippen molar-refractivity contribution in [3.05, 3.63) is 0 Å². The summed E-state index contributed by atoms with van der Waals surface area (Å²) in [6.07, 6.45) is 9.95. The molecule has 1 aliphatic heterocycles. The quantitative estimate of drug-likeness (QED) is 0.721. The molecule has 2 aliphatic rings. The molecule has 2 nitrogen and oxygen atoms in total. The van der Waals surface area contributed by atoms with E-state index in [0.29, 0.717) is 5.41 Å². The molecule has 2 atom stereocenters. The van der Waals surface area contributed by atoms with Gasteiger partial charge in [0.25, 0.3) is 0 Å². The summed E-state index contributed by atoms with van der Waals surface area (Å²) in [6.45, 7) is 10.5. The molecule has 0 aromatic carbocycles. The number of carbonyl (C=O) groups is 1. The van der Waals surface area contributed by atoms with Gasteiger partial charge in [-0.05, 0) is 56.5 Å². The number of nitrogens with zero attached hydrogens (tertiary/aromatic N) is 1. The molecule has 0 amide bonds. The van der Waals surface area contributed by atoms with Crippen molar-refractivity contribution in [2.75, 3.05) is 19.6 Å². The summed E-state index contributed by atoms with van der Waals surface area (Å²) < 4.78 is 0. The fourth-order valence-corrected chi connectivity index (χ4v) is 4.07. The molecule has 0 spiro atoms. The van der Waals surface area contributed by atoms with Crippen molar-refractivity contribution in [1.29, 1.82) is 0 Å². The zero-order valence-electron chi connectivity index (χ0n) is 13.1. The van der Waals surface area contributed by atoms with E-state index in [2.05, 4.69) is 25.7 Å². The Morgan fingerprint density at radius 3 is 2.63 bits per heavy atom. The van der Waals surface area contributed by atoms with Crippen LogP contribution in [0.5, 0.6) is 0 Å². The average molecular weight is 265 g/mol. The van der Waals surface area contributed by atoms with Crippen LogP contribution in [-0.4, -0.2) is 30.8 Å². The second-order valence-electron chi connectivity index (χ2n) is 7.98. The number of aldehydes is 1. The predicted molar refractivity (Wildman–Crippen MR) is 80.2 cm³/mol. The van der Waals surface area contributed by atoms with Gasteiger partial charge in [-0.15, -0.1) is 0 Å². The minimum atomic E-state index is -0.0356. The molecule has 0 bridgehead atoms. The summed E-state index contributed by atoms with van der Waals surface area (Å²) in [7, 11) is 0. The Hall–Kier alpha value is -0.370. The zero-order chi connectivity index (χ0) is 13.9. The smallest absolute Gasteiger partial charge is 0.127 e. The highest BCUT2D eigenvalue weighted by Crippen LogP contribution is 2.39. The lowest BCUT2D eigenvalue weighted by molar-refractivity contribution is -0.120. The minimum Gasteiger partial charge on any atom is -0.303 e. The molecule has 0 aromatic rings. The molecule has 19 heavy (non-hydrogen) atoms. The Balaban J connectivity index is 1.96. The lowest BCUT2D eigenvalue weighted by Gasteiger charge is -2.39. The van der Waals surface area contributed by atoms with E-state index >= 15 is 0 Å². The molecular formula is C17H31NO. The predicted octanol–water partition coefficient (Wildman–Crippen LogP) is 3.89. The lowest BCUT2D eigenvalue weighted by atomic mass is 9.70. The van der Waals surface area contributed by atoms with Crippen LogP contribution in [0.25, 0.3) is 0 Å². The normalized spacial score (nSPS) is 36.7. The van der Waals surface area contributed by atoms with Crippen molar-refractivity contribution >= 4 is 6.29 Å². The largest absolute Gasteiger partial charge is 0.303 e. The van der Waals surface area contributed by atoms with Crippen molar-refractivity contribution in [1.82, 2.24) is 4.90 Å². The van der Waals surface area contributed by atoms with Gasteiger partial charge in [-0.25, -0.2) is 0 Å². The van der Waals surface area contributed by atoms with E-state index in [1.165, 1.54) is 51.5 Å². The highest BCUT2D eigenvalue weighted by Gasteiger charge is 2.37. The molecular weight excluding hydrogens is 234 g/mol. The number of rotatable bonds is 3. The molecule has 0 N–H and O–H groups in total. The van der Waals surface area contributed by atoms with Gasteiger partial charge in [0.2, 0.25) is 0 Å². The molecule has 1 aliphatic carbocycles. The monoisotopic (exact) mass is 265 g/mol. The van der Waals surface area contributed by atoms with Gasteiger partial charge < -0.3 is 9.69 Å². The van der Waals surface area contributed by atoms with E-state index in [0.717, 1.165) is 25.3 Å². The highest BCUT2D eigenvalue weighted by atomic mass is 16.1. The number of hydrogen-bond donors (Lipinski definition) is 0. The molecule has 2 heteroatoms. The van der Waals surface area contributed by atoms with Gasteiger partial charge in [0.15, 0.2) is 0 Å². The molecule has 110 valence electrons. The third-order valence-electron chi connectivity index (χ3n) is 5.35. The first-order valence-electron chi connectivity index (χ1n) is 8.13. The zero-order valence-corrected chi connectivity index (χ0v) is 13.1. The van der Waals surface area contributed by atoms with Crippen LogP contribution >= 0.6 is 0 Å². The third kappa shape index (κ3) is 4.05. The average Bonchev–Trinajstić information content (AvgIpc) is 2.51. The van der Waals surface area contributed by atoms with Crippen LogP contribution in [0.1, 0.15) is 65.7 Å². The Morgan fingerprint density at radius 2 is 1.95 bits per heavy atom. The molecule has 1 saturated carbocycles. The maximum atomic E-state index is 11.7. The maximum Gasteiger partial charge on any atom is 0.127 e. The Bertz CT molecular complexity index is 312. The maximum absolute atomic E-state index is 11.7. The summed E-state index contributed by atoms with van der Waals surface area (Å²) in [4.78, 5) is 14.3. The van der Waals surface area contributed by atoms with E-state index in [1.807, 2.05) is 0 Å². The molecule has 0 radical (unpaired) electrons. The minimum absolute atomic E-state index is 0.0356. The topological polar surface area (TPSA) is 20.3 Å². The summed E-state index contributed by atoms with van der Waals surface area (Å²) in [5.41, 5.74) is 0.453. The Kier molecular flexibility index (Phi) is 4.70. The van der Waals surface area contributed by atoms with Crippen LogP contribution in [0.15, 0.2) is 0 Å². The number of carbonyl (C=O) groups excluding carboxylic acids is 1. The first-order valence-corrected chi connectivity index (χ1v) is 8.13. The summed E-state index contributed by atoms with van der Waals surface area (Å²) in [6, 6.07) is 0. The van der Waals surface area contributed by atoms with Crippen LogP contribution in [0, 0.1) is 16.7 Å². The van der Waals surface area contributed by atoms with Crippen molar-refractivity contribution in [3.8, 4) is 0 Å². The summed E-state index contributed by atoms with van der Waals surface area (Å²) in [5.74, 6) is 0.724. The Morgan fingerprint density at radius 1 is 1.16 bits per heavy atom. The molecule has 1 saturated heterocycles. The third-order valence-corrected chi connectivity index (χ3v) is 5.35. The molecule has 2 unspecified atom stereocenters. The Labute approximate surface area is 118 Å². The second-order valence-corrected chi connectivity index (χ2v) is 7.98. The first kappa shape index (κ1) is 15.0. The summed E-state index contributed by atoms with van der Waals surface area (Å²) in [5, 5.41) is 0. The van der Waals surface area contributed by atoms with Crippen molar-refractivity contribution in [2.24, 2.45) is 16.7 Å². The van der Waals surface area contributed by atoms with Gasteiger partial charge in [-0.3, -0.25) is 0 Å². The summed E-state index contributed by atoms with van der Waals surface area (Å²) >= 11 is 0. The fraction of sp³-hybridized carbons (Fsp3) is 0.941. The van der Waals surface area contributed by atoms with Crippen molar-refractivity contribution in [3.63, 3.8) is 0 Å². The second kappa shape index (κ2) is 5.95. The van der Waals surface area contributed by atoms with Gasteiger partial charge >= 0.3 is 0 Å². The van der Waals surface area contributed by atoms with E-state index in [4.69, 9.17) is 0 Å². The van der Waals surface area contributed by atoms with Crippen molar-refractivity contribution < 1.29 is 4.79 Å². The van der Waals surface area contributed by atoms with E-state index in [1.54, 1.807) is 0 Å². The SMILES string of the molecule is CC1CCCC(C=O)(CN2CCCC(C)(C)CC2)C1. The van der Waals surface area contributed by atoms with Gasteiger partial charge in [-0.2, -0.15) is 0 Å². The first-order chi connectivity index (χ1) is 8.95. The molecule has 2 rings (SSSR count). The van der Waals surface area contributed by atoms with Gasteiger partial charge in [-0.1, -0.05) is 33.6 Å². The fourth-order valence-electron chi connectivity index (χ4n) is 4.07. The standard InChI is InChI=1S/C17H31NO/c1-15-6-4-8-17(12-15,14-19)13-18-10-5-7-16(2,3)9-11-18/h14-15H,4-13H2,1-3H3. The van der Waals surface area contributed by atoms with Crippen LogP contribution in [0.4, 0.5) is 0 Å². The van der Waals surface area contributed by atoms with E-state index in [9.17, 15) is 4.79 Å². The molecule has 2 fully saturated rings. The van der Waals surface area contributed by atoms with Crippen LogP contribution in [-0.2, 0) is 4.79 Å².